The molecule has 0 radical (unpaired) electrons. The molecule has 4 aromatic rings. The summed E-state index contributed by atoms with van der Waals surface area (Å²) in [6, 6.07) is 23.7. The molecule has 8 heteroatoms. The highest BCUT2D eigenvalue weighted by Gasteiger charge is 2.41. The molecule has 1 atom stereocenters. The summed E-state index contributed by atoms with van der Waals surface area (Å²) in [5, 5.41) is 9.68. The van der Waals surface area contributed by atoms with E-state index in [0.29, 0.717) is 29.9 Å². The second kappa shape index (κ2) is 10.8. The second-order valence-electron chi connectivity index (χ2n) is 11.3. The van der Waals surface area contributed by atoms with Gasteiger partial charge in [-0.1, -0.05) is 97.4 Å². The number of ketones is 1. The molecule has 1 aliphatic heterocycles. The summed E-state index contributed by atoms with van der Waals surface area (Å²) in [6.07, 6.45) is 1.27. The zero-order chi connectivity index (χ0) is 27.9. The van der Waals surface area contributed by atoms with Crippen molar-refractivity contribution in [3.8, 4) is 5.75 Å². The maximum absolute atomic E-state index is 13.5. The van der Waals surface area contributed by atoms with E-state index in [-0.39, 0.29) is 17.2 Å². The molecule has 6 rings (SSSR count). The van der Waals surface area contributed by atoms with E-state index >= 15 is 0 Å². The number of hydrogen-bond acceptors (Lipinski definition) is 6. The van der Waals surface area contributed by atoms with E-state index in [1.54, 1.807) is 0 Å². The van der Waals surface area contributed by atoms with Gasteiger partial charge in [-0.15, -0.1) is 5.10 Å². The zero-order valence-electron chi connectivity index (χ0n) is 22.8. The number of carbonyl (C=O) groups is 1. The molecule has 40 heavy (non-hydrogen) atoms. The highest BCUT2D eigenvalue weighted by molar-refractivity contribution is 7.98. The Morgan fingerprint density at radius 2 is 1.88 bits per heavy atom. The van der Waals surface area contributed by atoms with Gasteiger partial charge < -0.3 is 10.1 Å². The molecule has 0 bridgehead atoms. The van der Waals surface area contributed by atoms with Crippen LogP contribution >= 0.6 is 23.4 Å². The molecule has 1 aliphatic carbocycles. The van der Waals surface area contributed by atoms with Crippen molar-refractivity contribution in [3.05, 3.63) is 111 Å². The Balaban J connectivity index is 1.29. The zero-order valence-corrected chi connectivity index (χ0v) is 24.4. The van der Waals surface area contributed by atoms with E-state index in [9.17, 15) is 4.79 Å². The number of benzene rings is 3. The minimum absolute atomic E-state index is 0.120. The Morgan fingerprint density at radius 3 is 2.65 bits per heavy atom. The van der Waals surface area contributed by atoms with Gasteiger partial charge in [0, 0.05) is 28.5 Å². The molecule has 0 saturated carbocycles. The van der Waals surface area contributed by atoms with Crippen LogP contribution in [0.1, 0.15) is 55.0 Å². The average Bonchev–Trinajstić information content (AvgIpc) is 3.32. The fourth-order valence-corrected chi connectivity index (χ4v) is 6.55. The molecule has 0 saturated heterocycles. The van der Waals surface area contributed by atoms with E-state index < -0.39 is 0 Å². The first-order valence-corrected chi connectivity index (χ1v) is 14.8. The molecule has 3 aromatic carbocycles. The lowest BCUT2D eigenvalue weighted by Gasteiger charge is -2.38. The van der Waals surface area contributed by atoms with E-state index in [1.165, 1.54) is 17.3 Å². The van der Waals surface area contributed by atoms with Crippen LogP contribution in [0.25, 0.3) is 0 Å². The number of Topliss-reactive ketones (excluding diaryl/α,β-unsaturated/α-hetero) is 1. The molecule has 6 nitrogen and oxygen atoms in total. The van der Waals surface area contributed by atoms with Crippen molar-refractivity contribution in [3.63, 3.8) is 0 Å². The number of anilines is 1. The van der Waals surface area contributed by atoms with Gasteiger partial charge in [0.15, 0.2) is 5.78 Å². The van der Waals surface area contributed by atoms with Crippen LogP contribution in [0.3, 0.4) is 0 Å². The van der Waals surface area contributed by atoms with Crippen LogP contribution in [0.2, 0.25) is 5.02 Å². The molecular weight excluding hydrogens is 540 g/mol. The van der Waals surface area contributed by atoms with Gasteiger partial charge in [0.1, 0.15) is 18.4 Å². The maximum Gasteiger partial charge on any atom is 0.227 e. The molecule has 1 aromatic heterocycles. The van der Waals surface area contributed by atoms with Gasteiger partial charge in [-0.05, 0) is 53.6 Å². The number of aryl methyl sites for hydroxylation is 1. The number of fused-ring (bicyclic) bond motifs is 1. The molecule has 1 unspecified atom stereocenters. The number of nitrogens with zero attached hydrogens (tertiary/aromatic N) is 3. The van der Waals surface area contributed by atoms with Crippen LogP contribution in [-0.4, -0.2) is 20.5 Å². The van der Waals surface area contributed by atoms with Crippen LogP contribution in [0.5, 0.6) is 5.75 Å². The van der Waals surface area contributed by atoms with Crippen molar-refractivity contribution in [2.24, 2.45) is 5.41 Å². The molecule has 0 amide bonds. The number of aromatic nitrogens is 3. The Labute approximate surface area is 243 Å². The van der Waals surface area contributed by atoms with Crippen molar-refractivity contribution >= 4 is 35.1 Å². The minimum Gasteiger partial charge on any atom is -0.489 e. The molecule has 1 N–H and O–H groups in total. The topological polar surface area (TPSA) is 69.0 Å². The Bertz CT molecular complexity index is 1610. The predicted octanol–water partition coefficient (Wildman–Crippen LogP) is 7.77. The van der Waals surface area contributed by atoms with E-state index in [2.05, 4.69) is 44.3 Å². The predicted molar refractivity (Wildman–Crippen MR) is 160 cm³/mol. The lowest BCUT2D eigenvalue weighted by Crippen LogP contribution is -2.36. The monoisotopic (exact) mass is 570 g/mol. The number of rotatable bonds is 7. The fourth-order valence-electron chi connectivity index (χ4n) is 5.43. The number of carbonyl (C=O) groups excluding carboxylic acids is 1. The van der Waals surface area contributed by atoms with Crippen molar-refractivity contribution < 1.29 is 9.53 Å². The Kier molecular flexibility index (Phi) is 7.19. The lowest BCUT2D eigenvalue weighted by molar-refractivity contribution is -0.118. The van der Waals surface area contributed by atoms with Gasteiger partial charge >= 0.3 is 0 Å². The smallest absolute Gasteiger partial charge is 0.227 e. The van der Waals surface area contributed by atoms with Gasteiger partial charge in [0.25, 0.3) is 0 Å². The first-order valence-electron chi connectivity index (χ1n) is 13.4. The van der Waals surface area contributed by atoms with Gasteiger partial charge in [0.2, 0.25) is 11.1 Å². The first-order chi connectivity index (χ1) is 19.3. The first kappa shape index (κ1) is 26.7. The summed E-state index contributed by atoms with van der Waals surface area (Å²) in [5.41, 5.74) is 5.92. The van der Waals surface area contributed by atoms with Crippen molar-refractivity contribution in [2.75, 3.05) is 5.32 Å². The maximum atomic E-state index is 13.5. The molecule has 0 spiro atoms. The third-order valence-electron chi connectivity index (χ3n) is 7.31. The SMILES string of the molecule is Cc1cccc(COc2ccc(C3C4=C(CC(C)(C)CC4=O)Nc4nc(SCc5ccccc5Cl)nn43)cc2)c1. The summed E-state index contributed by atoms with van der Waals surface area (Å²) >= 11 is 7.90. The van der Waals surface area contributed by atoms with E-state index in [0.717, 1.165) is 45.2 Å². The number of thioether (sulfide) groups is 1. The molecule has 0 fully saturated rings. The summed E-state index contributed by atoms with van der Waals surface area (Å²) < 4.78 is 7.92. The summed E-state index contributed by atoms with van der Waals surface area (Å²) in [5.74, 6) is 2.23. The second-order valence-corrected chi connectivity index (χ2v) is 12.6. The number of hydrogen-bond donors (Lipinski definition) is 1. The van der Waals surface area contributed by atoms with E-state index in [1.807, 2.05) is 59.3 Å². The van der Waals surface area contributed by atoms with Gasteiger partial charge in [-0.3, -0.25) is 4.79 Å². The van der Waals surface area contributed by atoms with Crippen LogP contribution in [0, 0.1) is 12.3 Å². The van der Waals surface area contributed by atoms with Gasteiger partial charge in [0.05, 0.1) is 0 Å². The number of ether oxygens (including phenoxy) is 1. The number of halogens is 1. The van der Waals surface area contributed by atoms with Crippen LogP contribution < -0.4 is 10.1 Å². The van der Waals surface area contributed by atoms with Crippen molar-refractivity contribution in [1.82, 2.24) is 14.8 Å². The summed E-state index contributed by atoms with van der Waals surface area (Å²) in [7, 11) is 0. The molecule has 2 heterocycles. The summed E-state index contributed by atoms with van der Waals surface area (Å²) in [6.45, 7) is 6.84. The fraction of sp³-hybridized carbons (Fsp3) is 0.281. The molecule has 2 aliphatic rings. The molecule has 204 valence electrons. The van der Waals surface area contributed by atoms with Crippen molar-refractivity contribution in [2.45, 2.75) is 57.2 Å². The average molecular weight is 571 g/mol. The van der Waals surface area contributed by atoms with Crippen LogP contribution in [0.4, 0.5) is 5.95 Å². The van der Waals surface area contributed by atoms with Crippen LogP contribution in [-0.2, 0) is 17.2 Å². The molecular formula is C32H31ClN4O2S. The third kappa shape index (κ3) is 5.54. The Morgan fingerprint density at radius 1 is 1.07 bits per heavy atom. The highest BCUT2D eigenvalue weighted by atomic mass is 35.5. The quantitative estimate of drug-likeness (QED) is 0.229. The van der Waals surface area contributed by atoms with Gasteiger partial charge in [-0.2, -0.15) is 4.98 Å². The Hall–Kier alpha value is -3.55. The lowest BCUT2D eigenvalue weighted by atomic mass is 9.73. The highest BCUT2D eigenvalue weighted by Crippen LogP contribution is 2.46. The van der Waals surface area contributed by atoms with Crippen LogP contribution in [0.15, 0.2) is 89.2 Å². The minimum atomic E-state index is -0.358. The van der Waals surface area contributed by atoms with E-state index in [4.69, 9.17) is 26.4 Å². The number of allylic oxidation sites excluding steroid dienone is 2. The number of nitrogens with one attached hydrogen (secondary N) is 1. The van der Waals surface area contributed by atoms with Gasteiger partial charge in [-0.25, -0.2) is 4.68 Å². The standard InChI is InChI=1S/C32H31ClN4O2S/c1-20-7-6-8-21(15-20)18-39-24-13-11-22(12-14-24)29-28-26(16-32(2,3)17-27(28)38)34-30-35-31(36-37(29)30)40-19-23-9-4-5-10-25(23)33/h4-15,29H,16-19H2,1-3H3,(H,34,35,36). The van der Waals surface area contributed by atoms with Crippen molar-refractivity contribution in [1.29, 1.82) is 0 Å². The normalized spacial score (nSPS) is 17.7. The largest absolute Gasteiger partial charge is 0.489 e. The third-order valence-corrected chi connectivity index (χ3v) is 8.57. The summed E-state index contributed by atoms with van der Waals surface area (Å²) in [4.78, 5) is 18.4.